The summed E-state index contributed by atoms with van der Waals surface area (Å²) >= 11 is 0. The van der Waals surface area contributed by atoms with Crippen LogP contribution in [0.5, 0.6) is 0 Å². The van der Waals surface area contributed by atoms with E-state index in [0.717, 1.165) is 5.82 Å². The molecule has 0 radical (unpaired) electrons. The fourth-order valence-electron chi connectivity index (χ4n) is 3.19. The van der Waals surface area contributed by atoms with Gasteiger partial charge in [-0.05, 0) is 43.7 Å². The summed E-state index contributed by atoms with van der Waals surface area (Å²) < 4.78 is 0. The molecule has 1 aromatic heterocycles. The van der Waals surface area contributed by atoms with Crippen LogP contribution < -0.4 is 5.32 Å². The number of pyridine rings is 1. The Hall–Kier alpha value is -1.58. The van der Waals surface area contributed by atoms with E-state index < -0.39 is 5.97 Å². The van der Waals surface area contributed by atoms with Gasteiger partial charge in [0.1, 0.15) is 5.82 Å². The zero-order valence-corrected chi connectivity index (χ0v) is 12.5. The zero-order chi connectivity index (χ0) is 14.7. The molecule has 1 heterocycles. The second-order valence-electron chi connectivity index (χ2n) is 6.08. The normalized spacial score (nSPS) is 22.8. The van der Waals surface area contributed by atoms with Gasteiger partial charge in [0.2, 0.25) is 0 Å². The Kier molecular flexibility index (Phi) is 4.63. The molecule has 0 amide bonds. The lowest BCUT2D eigenvalue weighted by atomic mass is 9.78. The minimum Gasteiger partial charge on any atom is -0.478 e. The van der Waals surface area contributed by atoms with Gasteiger partial charge in [0, 0.05) is 6.04 Å². The highest BCUT2D eigenvalue weighted by Crippen LogP contribution is 2.32. The molecule has 2 unspecified atom stereocenters. The van der Waals surface area contributed by atoms with Crippen LogP contribution in [-0.4, -0.2) is 22.1 Å². The zero-order valence-electron chi connectivity index (χ0n) is 12.5. The molecule has 0 bridgehead atoms. The molecule has 1 fully saturated rings. The van der Waals surface area contributed by atoms with Gasteiger partial charge < -0.3 is 10.4 Å². The van der Waals surface area contributed by atoms with Gasteiger partial charge in [-0.1, -0.05) is 26.7 Å². The smallest absolute Gasteiger partial charge is 0.337 e. The standard InChI is InChI=1S/C16H24N2O2/c1-10(2)12-6-4-5-7-14(12)18-15-9-8-13(16(19)20)11(3)17-15/h8-10,12,14H,4-7H2,1-3H3,(H,17,18)(H,19,20). The number of nitrogens with one attached hydrogen (secondary N) is 1. The van der Waals surface area contributed by atoms with Crippen molar-refractivity contribution in [3.63, 3.8) is 0 Å². The summed E-state index contributed by atoms with van der Waals surface area (Å²) in [5.41, 5.74) is 0.846. The highest BCUT2D eigenvalue weighted by atomic mass is 16.4. The third kappa shape index (κ3) is 3.30. The van der Waals surface area contributed by atoms with Crippen molar-refractivity contribution in [2.75, 3.05) is 5.32 Å². The molecular formula is C16H24N2O2. The lowest BCUT2D eigenvalue weighted by Crippen LogP contribution is -2.35. The van der Waals surface area contributed by atoms with E-state index in [1.807, 2.05) is 0 Å². The summed E-state index contributed by atoms with van der Waals surface area (Å²) in [5, 5.41) is 12.5. The number of carboxylic acids is 1. The average Bonchev–Trinajstić information content (AvgIpc) is 2.38. The molecule has 0 spiro atoms. The molecule has 1 aromatic rings. The highest BCUT2D eigenvalue weighted by Gasteiger charge is 2.27. The maximum atomic E-state index is 11.0. The van der Waals surface area contributed by atoms with Crippen molar-refractivity contribution in [1.82, 2.24) is 4.98 Å². The van der Waals surface area contributed by atoms with Crippen LogP contribution >= 0.6 is 0 Å². The molecule has 1 aliphatic carbocycles. The third-order valence-corrected chi connectivity index (χ3v) is 4.33. The molecule has 4 heteroatoms. The van der Waals surface area contributed by atoms with Crippen molar-refractivity contribution in [1.29, 1.82) is 0 Å². The molecular weight excluding hydrogens is 252 g/mol. The molecule has 1 saturated carbocycles. The van der Waals surface area contributed by atoms with Crippen molar-refractivity contribution >= 4 is 11.8 Å². The fourth-order valence-corrected chi connectivity index (χ4v) is 3.19. The summed E-state index contributed by atoms with van der Waals surface area (Å²) in [7, 11) is 0. The number of hydrogen-bond acceptors (Lipinski definition) is 3. The molecule has 4 nitrogen and oxygen atoms in total. The van der Waals surface area contributed by atoms with E-state index >= 15 is 0 Å². The van der Waals surface area contributed by atoms with Crippen molar-refractivity contribution < 1.29 is 9.90 Å². The van der Waals surface area contributed by atoms with E-state index in [9.17, 15) is 4.79 Å². The number of nitrogens with zero attached hydrogens (tertiary/aromatic N) is 1. The Bertz CT molecular complexity index is 485. The first-order valence-corrected chi connectivity index (χ1v) is 7.46. The van der Waals surface area contributed by atoms with Crippen molar-refractivity contribution in [2.45, 2.75) is 52.5 Å². The summed E-state index contributed by atoms with van der Waals surface area (Å²) in [5.74, 6) is 1.21. The predicted octanol–water partition coefficient (Wildman–Crippen LogP) is 3.71. The fraction of sp³-hybridized carbons (Fsp3) is 0.625. The van der Waals surface area contributed by atoms with Crippen LogP contribution in [0.4, 0.5) is 5.82 Å². The number of carbonyl (C=O) groups is 1. The monoisotopic (exact) mass is 276 g/mol. The van der Waals surface area contributed by atoms with Gasteiger partial charge >= 0.3 is 5.97 Å². The summed E-state index contributed by atoms with van der Waals surface area (Å²) in [6, 6.07) is 3.87. The van der Waals surface area contributed by atoms with Crippen LogP contribution in [0.25, 0.3) is 0 Å². The lowest BCUT2D eigenvalue weighted by Gasteiger charge is -2.35. The summed E-state index contributed by atoms with van der Waals surface area (Å²) in [6.45, 7) is 6.29. The predicted molar refractivity (Wildman–Crippen MR) is 80.1 cm³/mol. The van der Waals surface area contributed by atoms with E-state index in [0.29, 0.717) is 23.6 Å². The van der Waals surface area contributed by atoms with Gasteiger partial charge in [0.05, 0.1) is 11.3 Å². The summed E-state index contributed by atoms with van der Waals surface area (Å²) in [6.07, 6.45) is 5.00. The first-order chi connectivity index (χ1) is 9.49. The van der Waals surface area contributed by atoms with Crippen LogP contribution in [0, 0.1) is 18.8 Å². The molecule has 20 heavy (non-hydrogen) atoms. The summed E-state index contributed by atoms with van der Waals surface area (Å²) in [4.78, 5) is 15.4. The lowest BCUT2D eigenvalue weighted by molar-refractivity contribution is 0.0695. The first-order valence-electron chi connectivity index (χ1n) is 7.46. The average molecular weight is 276 g/mol. The van der Waals surface area contributed by atoms with Gasteiger partial charge in [-0.2, -0.15) is 0 Å². The van der Waals surface area contributed by atoms with Crippen LogP contribution in [-0.2, 0) is 0 Å². The first kappa shape index (κ1) is 14.8. The Morgan fingerprint density at radius 1 is 1.35 bits per heavy atom. The van der Waals surface area contributed by atoms with E-state index in [1.54, 1.807) is 19.1 Å². The van der Waals surface area contributed by atoms with E-state index in [2.05, 4.69) is 24.1 Å². The topological polar surface area (TPSA) is 62.2 Å². The molecule has 0 saturated heterocycles. The highest BCUT2D eigenvalue weighted by molar-refractivity contribution is 5.89. The van der Waals surface area contributed by atoms with Crippen molar-refractivity contribution in [3.05, 3.63) is 23.4 Å². The van der Waals surface area contributed by atoms with Crippen molar-refractivity contribution in [2.24, 2.45) is 11.8 Å². The molecule has 1 aliphatic rings. The molecule has 110 valence electrons. The molecule has 2 N–H and O–H groups in total. The second-order valence-corrected chi connectivity index (χ2v) is 6.08. The Balaban J connectivity index is 2.12. The Labute approximate surface area is 120 Å². The molecule has 2 atom stereocenters. The number of hydrogen-bond donors (Lipinski definition) is 2. The number of aromatic carboxylic acids is 1. The van der Waals surface area contributed by atoms with Gasteiger partial charge in [-0.15, -0.1) is 0 Å². The van der Waals surface area contributed by atoms with E-state index in [4.69, 9.17) is 5.11 Å². The van der Waals surface area contributed by atoms with Gasteiger partial charge in [0.25, 0.3) is 0 Å². The van der Waals surface area contributed by atoms with E-state index in [-0.39, 0.29) is 5.56 Å². The Morgan fingerprint density at radius 2 is 2.05 bits per heavy atom. The van der Waals surface area contributed by atoms with Gasteiger partial charge in [-0.3, -0.25) is 0 Å². The Morgan fingerprint density at radius 3 is 2.65 bits per heavy atom. The number of rotatable bonds is 4. The molecule has 0 aromatic carbocycles. The van der Waals surface area contributed by atoms with Crippen LogP contribution in [0.2, 0.25) is 0 Å². The molecule has 2 rings (SSSR count). The van der Waals surface area contributed by atoms with Crippen LogP contribution in [0.15, 0.2) is 12.1 Å². The van der Waals surface area contributed by atoms with Crippen molar-refractivity contribution in [3.8, 4) is 0 Å². The number of anilines is 1. The largest absolute Gasteiger partial charge is 0.478 e. The second kappa shape index (κ2) is 6.25. The maximum Gasteiger partial charge on any atom is 0.337 e. The van der Waals surface area contributed by atoms with E-state index in [1.165, 1.54) is 25.7 Å². The van der Waals surface area contributed by atoms with Gasteiger partial charge in [-0.25, -0.2) is 9.78 Å². The van der Waals surface area contributed by atoms with Crippen LogP contribution in [0.1, 0.15) is 55.6 Å². The number of carboxylic acid groups (broad SMARTS) is 1. The van der Waals surface area contributed by atoms with Gasteiger partial charge in [0.15, 0.2) is 0 Å². The minimum atomic E-state index is -0.917. The third-order valence-electron chi connectivity index (χ3n) is 4.33. The SMILES string of the molecule is Cc1nc(NC2CCCCC2C(C)C)ccc1C(=O)O. The number of aromatic nitrogens is 1. The minimum absolute atomic E-state index is 0.277. The van der Waals surface area contributed by atoms with Crippen LogP contribution in [0.3, 0.4) is 0 Å². The number of aryl methyl sites for hydroxylation is 1. The molecule has 0 aliphatic heterocycles. The maximum absolute atomic E-state index is 11.0. The quantitative estimate of drug-likeness (QED) is 0.880.